The molecule has 0 bridgehead atoms. The zero-order chi connectivity index (χ0) is 25.1. The van der Waals surface area contributed by atoms with Crippen LogP contribution in [0, 0.1) is 0 Å². The summed E-state index contributed by atoms with van der Waals surface area (Å²) in [6.07, 6.45) is 3.79. The van der Waals surface area contributed by atoms with Crippen LogP contribution in [0.3, 0.4) is 0 Å². The Morgan fingerprint density at radius 2 is 0.947 bits per heavy atom. The predicted octanol–water partition coefficient (Wildman–Crippen LogP) is 8.34. The summed E-state index contributed by atoms with van der Waals surface area (Å²) in [5.41, 5.74) is 8.61. The average Bonchev–Trinajstić information content (AvgIpc) is 3.50. The summed E-state index contributed by atoms with van der Waals surface area (Å²) in [5.74, 6) is 0. The van der Waals surface area contributed by atoms with Gasteiger partial charge in [-0.1, -0.05) is 66.7 Å². The van der Waals surface area contributed by atoms with Crippen molar-refractivity contribution >= 4 is 43.6 Å². The first-order valence-corrected chi connectivity index (χ1v) is 12.8. The molecule has 0 saturated carbocycles. The van der Waals surface area contributed by atoms with Gasteiger partial charge in [0, 0.05) is 39.1 Å². The van der Waals surface area contributed by atoms with Gasteiger partial charge < -0.3 is 9.13 Å². The van der Waals surface area contributed by atoms with Crippen LogP contribution in [0.25, 0.3) is 66.4 Å². The van der Waals surface area contributed by atoms with Crippen molar-refractivity contribution in [1.82, 2.24) is 19.1 Å². The molecule has 0 saturated heterocycles. The maximum atomic E-state index is 4.82. The van der Waals surface area contributed by atoms with Crippen LogP contribution in [0.1, 0.15) is 0 Å². The molecule has 0 aliphatic heterocycles. The van der Waals surface area contributed by atoms with Gasteiger partial charge >= 0.3 is 0 Å². The van der Waals surface area contributed by atoms with E-state index in [0.29, 0.717) is 0 Å². The van der Waals surface area contributed by atoms with Crippen LogP contribution in [-0.4, -0.2) is 19.1 Å². The highest BCUT2D eigenvalue weighted by atomic mass is 15.0. The molecule has 0 N–H and O–H groups in total. The highest BCUT2D eigenvalue weighted by molar-refractivity contribution is 6.10. The standard InChI is InChI=1S/C34H22N4/c1-4-16-31-25(12-1)26-13-2-5-17-32(26)37(31)23-10-9-11-24(20-23)38-33-18-6-3-14-27(33)28-21-30(36-22-34(28)38)29-15-7-8-19-35-29/h1-22H. The molecule has 0 radical (unpaired) electrons. The van der Waals surface area contributed by atoms with E-state index in [2.05, 4.69) is 117 Å². The summed E-state index contributed by atoms with van der Waals surface area (Å²) < 4.78 is 4.68. The lowest BCUT2D eigenvalue weighted by Crippen LogP contribution is -1.98. The highest BCUT2D eigenvalue weighted by Gasteiger charge is 2.16. The summed E-state index contributed by atoms with van der Waals surface area (Å²) in [7, 11) is 0. The third kappa shape index (κ3) is 3.04. The van der Waals surface area contributed by atoms with Crippen molar-refractivity contribution in [2.45, 2.75) is 0 Å². The van der Waals surface area contributed by atoms with Gasteiger partial charge in [-0.25, -0.2) is 0 Å². The van der Waals surface area contributed by atoms with Crippen LogP contribution >= 0.6 is 0 Å². The predicted molar refractivity (Wildman–Crippen MR) is 156 cm³/mol. The van der Waals surface area contributed by atoms with E-state index in [-0.39, 0.29) is 0 Å². The van der Waals surface area contributed by atoms with Gasteiger partial charge in [0.1, 0.15) is 0 Å². The van der Waals surface area contributed by atoms with Gasteiger partial charge in [-0.05, 0) is 54.6 Å². The smallest absolute Gasteiger partial charge is 0.0893 e. The molecule has 38 heavy (non-hydrogen) atoms. The topological polar surface area (TPSA) is 35.6 Å². The highest BCUT2D eigenvalue weighted by Crippen LogP contribution is 2.36. The molecule has 0 aliphatic carbocycles. The summed E-state index contributed by atoms with van der Waals surface area (Å²) in [6, 6.07) is 42.7. The van der Waals surface area contributed by atoms with Gasteiger partial charge in [0.15, 0.2) is 0 Å². The molecule has 4 heterocycles. The summed E-state index contributed by atoms with van der Waals surface area (Å²) in [5, 5.41) is 4.89. The number of hydrogen-bond acceptors (Lipinski definition) is 2. The first kappa shape index (κ1) is 20.9. The van der Waals surface area contributed by atoms with Crippen molar-refractivity contribution in [3.05, 3.63) is 134 Å². The summed E-state index contributed by atoms with van der Waals surface area (Å²) in [6.45, 7) is 0. The normalized spacial score (nSPS) is 11.7. The molecule has 4 heteroatoms. The number of aromatic nitrogens is 4. The van der Waals surface area contributed by atoms with Gasteiger partial charge in [-0.3, -0.25) is 9.97 Å². The van der Waals surface area contributed by atoms with E-state index in [1.54, 1.807) is 0 Å². The van der Waals surface area contributed by atoms with Crippen molar-refractivity contribution in [1.29, 1.82) is 0 Å². The maximum Gasteiger partial charge on any atom is 0.0893 e. The molecule has 0 spiro atoms. The van der Waals surface area contributed by atoms with Crippen molar-refractivity contribution < 1.29 is 0 Å². The fraction of sp³-hybridized carbons (Fsp3) is 0. The Hall–Kier alpha value is -5.22. The van der Waals surface area contributed by atoms with E-state index < -0.39 is 0 Å². The van der Waals surface area contributed by atoms with Crippen molar-refractivity contribution in [2.24, 2.45) is 0 Å². The monoisotopic (exact) mass is 486 g/mol. The molecule has 0 atom stereocenters. The summed E-state index contributed by atoms with van der Waals surface area (Å²) in [4.78, 5) is 9.34. The molecular weight excluding hydrogens is 464 g/mol. The SMILES string of the molecule is c1ccc(-c2cc3c4ccccc4n(-c4cccc(-n5c6ccccc6c6ccccc65)c4)c3cn2)nc1. The molecule has 4 aromatic heterocycles. The van der Waals surface area contributed by atoms with Crippen LogP contribution < -0.4 is 0 Å². The fourth-order valence-corrected chi connectivity index (χ4v) is 5.77. The van der Waals surface area contributed by atoms with Crippen LogP contribution in [0.2, 0.25) is 0 Å². The minimum atomic E-state index is 0.875. The van der Waals surface area contributed by atoms with Crippen LogP contribution in [0.5, 0.6) is 0 Å². The lowest BCUT2D eigenvalue weighted by atomic mass is 10.1. The van der Waals surface area contributed by atoms with E-state index in [9.17, 15) is 0 Å². The third-order valence-corrected chi connectivity index (χ3v) is 7.41. The number of pyridine rings is 2. The molecule has 8 rings (SSSR count). The molecule has 0 unspecified atom stereocenters. The quantitative estimate of drug-likeness (QED) is 0.252. The van der Waals surface area contributed by atoms with Crippen LogP contribution in [0.4, 0.5) is 0 Å². The van der Waals surface area contributed by atoms with Gasteiger partial charge in [0.05, 0.1) is 39.7 Å². The van der Waals surface area contributed by atoms with E-state index >= 15 is 0 Å². The van der Waals surface area contributed by atoms with Gasteiger partial charge in [-0.15, -0.1) is 0 Å². The van der Waals surface area contributed by atoms with Gasteiger partial charge in [0.2, 0.25) is 0 Å². The minimum Gasteiger partial charge on any atom is -0.309 e. The van der Waals surface area contributed by atoms with Gasteiger partial charge in [0.25, 0.3) is 0 Å². The molecule has 0 fully saturated rings. The first-order valence-electron chi connectivity index (χ1n) is 12.8. The largest absolute Gasteiger partial charge is 0.309 e. The van der Waals surface area contributed by atoms with Crippen molar-refractivity contribution in [3.8, 4) is 22.8 Å². The second kappa shape index (κ2) is 8.15. The molecule has 8 aromatic rings. The third-order valence-electron chi connectivity index (χ3n) is 7.41. The van der Waals surface area contributed by atoms with E-state index in [4.69, 9.17) is 4.98 Å². The zero-order valence-electron chi connectivity index (χ0n) is 20.5. The number of benzene rings is 4. The lowest BCUT2D eigenvalue weighted by molar-refractivity contribution is 1.13. The van der Waals surface area contributed by atoms with Gasteiger partial charge in [-0.2, -0.15) is 0 Å². The number of rotatable bonds is 3. The maximum absolute atomic E-state index is 4.82. The van der Waals surface area contributed by atoms with Crippen LogP contribution in [-0.2, 0) is 0 Å². The molecule has 4 aromatic carbocycles. The minimum absolute atomic E-state index is 0.875. The molecule has 178 valence electrons. The fourth-order valence-electron chi connectivity index (χ4n) is 5.77. The molecule has 0 amide bonds. The Labute approximate surface area is 219 Å². The zero-order valence-corrected chi connectivity index (χ0v) is 20.5. The molecular formula is C34H22N4. The van der Waals surface area contributed by atoms with E-state index in [1.807, 2.05) is 30.6 Å². The van der Waals surface area contributed by atoms with Crippen molar-refractivity contribution in [2.75, 3.05) is 0 Å². The van der Waals surface area contributed by atoms with E-state index in [0.717, 1.165) is 33.8 Å². The Morgan fingerprint density at radius 1 is 0.395 bits per heavy atom. The number of hydrogen-bond donors (Lipinski definition) is 0. The van der Waals surface area contributed by atoms with Crippen molar-refractivity contribution in [3.63, 3.8) is 0 Å². The summed E-state index contributed by atoms with van der Waals surface area (Å²) >= 11 is 0. The number of para-hydroxylation sites is 3. The Morgan fingerprint density at radius 3 is 1.55 bits per heavy atom. The Balaban J connectivity index is 1.39. The lowest BCUT2D eigenvalue weighted by Gasteiger charge is -2.12. The van der Waals surface area contributed by atoms with E-state index in [1.165, 1.54) is 32.6 Å². The number of fused-ring (bicyclic) bond motifs is 6. The number of nitrogens with zero attached hydrogens (tertiary/aromatic N) is 4. The Bertz CT molecular complexity index is 2080. The Kier molecular flexibility index (Phi) is 4.49. The first-order chi connectivity index (χ1) is 18.9. The molecule has 0 aliphatic rings. The van der Waals surface area contributed by atoms with Crippen LogP contribution in [0.15, 0.2) is 134 Å². The average molecular weight is 487 g/mol. The molecule has 4 nitrogen and oxygen atoms in total. The second-order valence-electron chi connectivity index (χ2n) is 9.54. The second-order valence-corrected chi connectivity index (χ2v) is 9.54.